The standard InChI is InChI=1S/C32H64O3S.Na/c1-4-6-8-10-12-14-15-16-17-18-19-20-21-23-25-27-29-31-32(3,36(33,34)35)30-28-26-24-22-13-11-9-7-5-2;/h17-18H,4-16,19-31H2,1-3H3,(H,33,34,35);/q;+1/p-1/b18-17-;. The maximum Gasteiger partial charge on any atom is 1.00 e. The van der Waals surface area contributed by atoms with Crippen LogP contribution in [-0.4, -0.2) is 17.7 Å². The Labute approximate surface area is 255 Å². The maximum absolute atomic E-state index is 12.0. The third kappa shape index (κ3) is 25.4. The number of rotatable bonds is 28. The normalized spacial score (nSPS) is 13.6. The predicted molar refractivity (Wildman–Crippen MR) is 159 cm³/mol. The van der Waals surface area contributed by atoms with Crippen molar-refractivity contribution in [3.8, 4) is 0 Å². The van der Waals surface area contributed by atoms with Crippen LogP contribution in [0, 0.1) is 0 Å². The van der Waals surface area contributed by atoms with Gasteiger partial charge < -0.3 is 4.55 Å². The van der Waals surface area contributed by atoms with Crippen molar-refractivity contribution < 1.29 is 42.5 Å². The van der Waals surface area contributed by atoms with Crippen molar-refractivity contribution in [3.05, 3.63) is 12.2 Å². The third-order valence-corrected chi connectivity index (χ3v) is 9.50. The zero-order valence-electron chi connectivity index (χ0n) is 25.7. The molecule has 0 aliphatic carbocycles. The Morgan fingerprint density at radius 3 is 1.08 bits per heavy atom. The fraction of sp³-hybridized carbons (Fsp3) is 0.938. The van der Waals surface area contributed by atoms with Crippen LogP contribution in [0.1, 0.15) is 188 Å². The van der Waals surface area contributed by atoms with E-state index < -0.39 is 14.9 Å². The fourth-order valence-electron chi connectivity index (χ4n) is 5.11. The van der Waals surface area contributed by atoms with E-state index in [-0.39, 0.29) is 29.6 Å². The smallest absolute Gasteiger partial charge is 0.748 e. The summed E-state index contributed by atoms with van der Waals surface area (Å²) < 4.78 is 34.8. The summed E-state index contributed by atoms with van der Waals surface area (Å²) in [5.74, 6) is 0. The molecule has 0 aromatic rings. The van der Waals surface area contributed by atoms with Gasteiger partial charge in [0.25, 0.3) is 0 Å². The van der Waals surface area contributed by atoms with Crippen LogP contribution in [0.3, 0.4) is 0 Å². The van der Waals surface area contributed by atoms with Gasteiger partial charge >= 0.3 is 29.6 Å². The predicted octanol–water partition coefficient (Wildman–Crippen LogP) is 8.03. The molecule has 0 bridgehead atoms. The van der Waals surface area contributed by atoms with Gasteiger partial charge in [-0.25, -0.2) is 8.42 Å². The Bertz CT molecular complexity index is 591. The molecule has 0 fully saturated rings. The van der Waals surface area contributed by atoms with Crippen molar-refractivity contribution >= 4 is 10.1 Å². The van der Waals surface area contributed by atoms with Crippen molar-refractivity contribution in [2.75, 3.05) is 0 Å². The molecule has 0 aliphatic heterocycles. The summed E-state index contributed by atoms with van der Waals surface area (Å²) in [6.07, 6.45) is 35.4. The van der Waals surface area contributed by atoms with Gasteiger partial charge in [-0.1, -0.05) is 154 Å². The Kier molecular flexibility index (Phi) is 30.3. The summed E-state index contributed by atoms with van der Waals surface area (Å²) >= 11 is 0. The minimum Gasteiger partial charge on any atom is -0.748 e. The molecule has 0 aromatic carbocycles. The third-order valence-electron chi connectivity index (χ3n) is 7.88. The number of unbranched alkanes of at least 4 members (excludes halogenated alkanes) is 21. The SMILES string of the molecule is CCCCCCCCC/C=C\CCCCCCCCC(C)(CCCCCCCCCCC)S(=O)(=O)[O-].[Na+]. The summed E-state index contributed by atoms with van der Waals surface area (Å²) in [6, 6.07) is 0. The van der Waals surface area contributed by atoms with E-state index in [9.17, 15) is 13.0 Å². The van der Waals surface area contributed by atoms with Gasteiger partial charge in [-0.3, -0.25) is 0 Å². The monoisotopic (exact) mass is 550 g/mol. The van der Waals surface area contributed by atoms with Crippen LogP contribution in [0.2, 0.25) is 0 Å². The minimum atomic E-state index is -4.25. The second-order valence-electron chi connectivity index (χ2n) is 11.5. The number of hydrogen-bond donors (Lipinski definition) is 0. The first-order valence-corrected chi connectivity index (χ1v) is 17.4. The van der Waals surface area contributed by atoms with E-state index in [2.05, 4.69) is 26.0 Å². The van der Waals surface area contributed by atoms with Crippen LogP contribution in [-0.2, 0) is 10.1 Å². The zero-order valence-corrected chi connectivity index (χ0v) is 28.5. The molecule has 0 aliphatic rings. The Balaban J connectivity index is 0. The van der Waals surface area contributed by atoms with E-state index in [1.165, 1.54) is 116 Å². The minimum absolute atomic E-state index is 0. The molecule has 3 nitrogen and oxygen atoms in total. The maximum atomic E-state index is 12.0. The van der Waals surface area contributed by atoms with Gasteiger partial charge in [-0.05, 0) is 45.4 Å². The molecule has 0 aromatic heterocycles. The van der Waals surface area contributed by atoms with E-state index in [1.54, 1.807) is 6.92 Å². The Hall–Kier alpha value is 0.650. The van der Waals surface area contributed by atoms with Gasteiger partial charge in [0.2, 0.25) is 0 Å². The average molecular weight is 551 g/mol. The van der Waals surface area contributed by atoms with Crippen LogP contribution in [0.15, 0.2) is 12.2 Å². The van der Waals surface area contributed by atoms with Crippen LogP contribution in [0.4, 0.5) is 0 Å². The molecule has 5 heteroatoms. The van der Waals surface area contributed by atoms with Crippen molar-refractivity contribution in [2.45, 2.75) is 192 Å². The molecule has 0 spiro atoms. The zero-order chi connectivity index (χ0) is 26.8. The number of allylic oxidation sites excluding steroid dienone is 2. The molecule has 216 valence electrons. The van der Waals surface area contributed by atoms with Gasteiger partial charge in [0, 0.05) is 0 Å². The van der Waals surface area contributed by atoms with Gasteiger partial charge in [0.1, 0.15) is 10.1 Å². The van der Waals surface area contributed by atoms with E-state index >= 15 is 0 Å². The van der Waals surface area contributed by atoms with Crippen molar-refractivity contribution in [1.82, 2.24) is 0 Å². The summed E-state index contributed by atoms with van der Waals surface area (Å²) in [4.78, 5) is 0. The molecular weight excluding hydrogens is 487 g/mol. The molecule has 0 saturated heterocycles. The quantitative estimate of drug-likeness (QED) is 0.0429. The molecule has 37 heavy (non-hydrogen) atoms. The summed E-state index contributed by atoms with van der Waals surface area (Å²) in [6.45, 7) is 6.20. The Morgan fingerprint density at radius 1 is 0.514 bits per heavy atom. The first kappa shape index (κ1) is 39.8. The summed E-state index contributed by atoms with van der Waals surface area (Å²) in [5.41, 5.74) is 0. The largest absolute Gasteiger partial charge is 1.00 e. The Morgan fingerprint density at radius 2 is 0.784 bits per heavy atom. The molecule has 1 unspecified atom stereocenters. The van der Waals surface area contributed by atoms with Crippen molar-refractivity contribution in [2.24, 2.45) is 0 Å². The van der Waals surface area contributed by atoms with Crippen LogP contribution >= 0.6 is 0 Å². The first-order chi connectivity index (χ1) is 17.4. The topological polar surface area (TPSA) is 57.2 Å². The average Bonchev–Trinajstić information content (AvgIpc) is 2.84. The van der Waals surface area contributed by atoms with Crippen LogP contribution in [0.25, 0.3) is 0 Å². The van der Waals surface area contributed by atoms with Gasteiger partial charge in [-0.15, -0.1) is 0 Å². The van der Waals surface area contributed by atoms with E-state index in [4.69, 9.17) is 0 Å². The van der Waals surface area contributed by atoms with Crippen LogP contribution in [0.5, 0.6) is 0 Å². The second kappa shape index (κ2) is 28.2. The summed E-state index contributed by atoms with van der Waals surface area (Å²) in [7, 11) is -4.25. The van der Waals surface area contributed by atoms with E-state index in [1.807, 2.05) is 0 Å². The van der Waals surface area contributed by atoms with Gasteiger partial charge in [0.15, 0.2) is 0 Å². The molecule has 1 atom stereocenters. The molecule has 0 saturated carbocycles. The van der Waals surface area contributed by atoms with Crippen molar-refractivity contribution in [1.29, 1.82) is 0 Å². The first-order valence-electron chi connectivity index (χ1n) is 16.0. The van der Waals surface area contributed by atoms with Crippen LogP contribution < -0.4 is 29.6 Å². The molecule has 0 rings (SSSR count). The molecule has 0 amide bonds. The van der Waals surface area contributed by atoms with E-state index in [0.717, 1.165) is 38.5 Å². The second-order valence-corrected chi connectivity index (χ2v) is 13.4. The molecular formula is C32H63NaO3S. The van der Waals surface area contributed by atoms with E-state index in [0.29, 0.717) is 12.8 Å². The summed E-state index contributed by atoms with van der Waals surface area (Å²) in [5, 5.41) is 0. The number of hydrogen-bond acceptors (Lipinski definition) is 3. The molecule has 0 heterocycles. The molecule has 0 N–H and O–H groups in total. The van der Waals surface area contributed by atoms with Gasteiger partial charge in [-0.2, -0.15) is 0 Å². The fourth-order valence-corrected chi connectivity index (χ4v) is 5.90. The molecule has 0 radical (unpaired) electrons. The van der Waals surface area contributed by atoms with Crippen molar-refractivity contribution in [3.63, 3.8) is 0 Å². The van der Waals surface area contributed by atoms with Gasteiger partial charge in [0.05, 0.1) is 4.75 Å².